The third kappa shape index (κ3) is 3.62. The number of hydrogen-bond acceptors (Lipinski definition) is 5. The maximum absolute atomic E-state index is 13.6. The van der Waals surface area contributed by atoms with E-state index in [9.17, 15) is 18.8 Å². The Labute approximate surface area is 171 Å². The highest BCUT2D eigenvalue weighted by atomic mass is 32.1. The summed E-state index contributed by atoms with van der Waals surface area (Å²) in [6, 6.07) is 9.56. The third-order valence-corrected chi connectivity index (χ3v) is 6.45. The molecule has 1 aromatic heterocycles. The highest BCUT2D eigenvalue weighted by Gasteiger charge is 2.47. The quantitative estimate of drug-likeness (QED) is 0.613. The highest BCUT2D eigenvalue weighted by molar-refractivity contribution is 7.10. The summed E-state index contributed by atoms with van der Waals surface area (Å²) in [5.41, 5.74) is 1.67. The number of ether oxygens (including phenoxy) is 1. The summed E-state index contributed by atoms with van der Waals surface area (Å²) in [5.74, 6) is -3.29. The van der Waals surface area contributed by atoms with E-state index >= 15 is 0 Å². The van der Waals surface area contributed by atoms with Crippen LogP contribution >= 0.6 is 11.3 Å². The maximum atomic E-state index is 13.6. The van der Waals surface area contributed by atoms with Gasteiger partial charge in [0.05, 0.1) is 6.61 Å². The summed E-state index contributed by atoms with van der Waals surface area (Å²) in [6.45, 7) is 1.89. The van der Waals surface area contributed by atoms with E-state index in [-0.39, 0.29) is 36.5 Å². The van der Waals surface area contributed by atoms with Crippen LogP contribution in [-0.2, 0) is 19.1 Å². The Morgan fingerprint density at radius 2 is 1.97 bits per heavy atom. The molecular weight excluding hydrogens is 393 g/mol. The Morgan fingerprint density at radius 1 is 1.21 bits per heavy atom. The lowest BCUT2D eigenvalue weighted by Crippen LogP contribution is -2.44. The fourth-order valence-corrected chi connectivity index (χ4v) is 5.07. The molecule has 0 saturated heterocycles. The molecule has 3 atom stereocenters. The lowest BCUT2D eigenvalue weighted by Gasteiger charge is -2.37. The van der Waals surface area contributed by atoms with Gasteiger partial charge in [0, 0.05) is 34.4 Å². The van der Waals surface area contributed by atoms with Gasteiger partial charge in [0.25, 0.3) is 0 Å². The van der Waals surface area contributed by atoms with Crippen molar-refractivity contribution < 1.29 is 23.5 Å². The molecule has 1 aliphatic heterocycles. The van der Waals surface area contributed by atoms with E-state index in [0.29, 0.717) is 23.3 Å². The van der Waals surface area contributed by atoms with Crippen molar-refractivity contribution in [1.82, 2.24) is 5.32 Å². The van der Waals surface area contributed by atoms with Crippen LogP contribution in [-0.4, -0.2) is 24.3 Å². The fraction of sp³-hybridized carbons (Fsp3) is 0.318. The van der Waals surface area contributed by atoms with E-state index in [1.807, 2.05) is 17.5 Å². The van der Waals surface area contributed by atoms with E-state index in [1.54, 1.807) is 19.1 Å². The standard InChI is InChI=1S/C22H20FNO4S/c1-2-28-22(27)20-15(17-4-3-9-29-17)10-16-19(21(20)26)14(11-18(25)24-16)12-5-7-13(23)8-6-12/h3-9,14-15,20H,2,10-11H2,1H3,(H,24,25)/t14-,15-,20+/m0/s1. The van der Waals surface area contributed by atoms with E-state index in [0.717, 1.165) is 4.88 Å². The number of hydrogen-bond donors (Lipinski definition) is 1. The molecular formula is C22H20FNO4S. The van der Waals surface area contributed by atoms with Crippen molar-refractivity contribution >= 4 is 29.0 Å². The van der Waals surface area contributed by atoms with Gasteiger partial charge in [-0.25, -0.2) is 4.39 Å². The number of benzene rings is 1. The predicted octanol–water partition coefficient (Wildman–Crippen LogP) is 3.68. The summed E-state index contributed by atoms with van der Waals surface area (Å²) in [4.78, 5) is 39.6. The minimum absolute atomic E-state index is 0.0788. The van der Waals surface area contributed by atoms with Crippen molar-refractivity contribution in [1.29, 1.82) is 0 Å². The Balaban J connectivity index is 1.80. The fourth-order valence-electron chi connectivity index (χ4n) is 4.20. The minimum Gasteiger partial charge on any atom is -0.465 e. The highest BCUT2D eigenvalue weighted by Crippen LogP contribution is 2.46. The van der Waals surface area contributed by atoms with E-state index in [2.05, 4.69) is 5.32 Å². The third-order valence-electron chi connectivity index (χ3n) is 5.45. The van der Waals surface area contributed by atoms with E-state index in [1.165, 1.54) is 23.5 Å². The first-order valence-corrected chi connectivity index (χ1v) is 10.4. The number of allylic oxidation sites excluding steroid dienone is 2. The second kappa shape index (κ2) is 7.91. The average molecular weight is 413 g/mol. The topological polar surface area (TPSA) is 72.5 Å². The lowest BCUT2D eigenvalue weighted by molar-refractivity contribution is -0.152. The number of amides is 1. The van der Waals surface area contributed by atoms with Crippen LogP contribution in [0.15, 0.2) is 53.0 Å². The number of esters is 1. The SMILES string of the molecule is CCOC(=O)[C@H]1C(=O)C2=C(C[C@H]1c1cccs1)NC(=O)C[C@H]2c1ccc(F)cc1. The van der Waals surface area contributed by atoms with Gasteiger partial charge in [-0.15, -0.1) is 11.3 Å². The molecule has 1 aromatic carbocycles. The molecule has 0 fully saturated rings. The molecule has 5 nitrogen and oxygen atoms in total. The van der Waals surface area contributed by atoms with Gasteiger partial charge >= 0.3 is 5.97 Å². The Hall–Kier alpha value is -2.80. The van der Waals surface area contributed by atoms with Crippen molar-refractivity contribution in [3.8, 4) is 0 Å². The van der Waals surface area contributed by atoms with Crippen LogP contribution in [0.25, 0.3) is 0 Å². The minimum atomic E-state index is -0.953. The van der Waals surface area contributed by atoms with Crippen molar-refractivity contribution in [3.63, 3.8) is 0 Å². The van der Waals surface area contributed by atoms with Crippen LogP contribution < -0.4 is 5.32 Å². The Kier molecular flexibility index (Phi) is 5.32. The van der Waals surface area contributed by atoms with Crippen LogP contribution in [0, 0.1) is 11.7 Å². The first-order chi connectivity index (χ1) is 14.0. The van der Waals surface area contributed by atoms with Crippen molar-refractivity contribution in [2.24, 2.45) is 5.92 Å². The van der Waals surface area contributed by atoms with Crippen molar-refractivity contribution in [3.05, 3.63) is 69.3 Å². The Morgan fingerprint density at radius 3 is 2.62 bits per heavy atom. The molecule has 1 N–H and O–H groups in total. The molecule has 150 valence electrons. The van der Waals surface area contributed by atoms with E-state index in [4.69, 9.17) is 4.74 Å². The van der Waals surface area contributed by atoms with Gasteiger partial charge in [-0.05, 0) is 42.5 Å². The molecule has 0 radical (unpaired) electrons. The summed E-state index contributed by atoms with van der Waals surface area (Å²) < 4.78 is 18.6. The largest absolute Gasteiger partial charge is 0.465 e. The smallest absolute Gasteiger partial charge is 0.317 e. The molecule has 0 saturated carbocycles. The molecule has 1 amide bonds. The lowest BCUT2D eigenvalue weighted by atomic mass is 9.69. The average Bonchev–Trinajstić information content (AvgIpc) is 3.22. The normalized spacial score (nSPS) is 24.1. The summed E-state index contributed by atoms with van der Waals surface area (Å²) in [7, 11) is 0. The van der Waals surface area contributed by atoms with Crippen LogP contribution in [0.4, 0.5) is 4.39 Å². The number of ketones is 1. The first-order valence-electron chi connectivity index (χ1n) is 9.52. The zero-order valence-corrected chi connectivity index (χ0v) is 16.6. The van der Waals surface area contributed by atoms with Gasteiger partial charge in [-0.3, -0.25) is 14.4 Å². The monoisotopic (exact) mass is 413 g/mol. The molecule has 2 heterocycles. The van der Waals surface area contributed by atoms with Crippen LogP contribution in [0.1, 0.15) is 42.0 Å². The number of carbonyl (C=O) groups is 3. The zero-order valence-electron chi connectivity index (χ0n) is 15.8. The number of halogens is 1. The molecule has 29 heavy (non-hydrogen) atoms. The van der Waals surface area contributed by atoms with Gasteiger partial charge in [0.15, 0.2) is 5.78 Å². The van der Waals surface area contributed by atoms with Crippen LogP contribution in [0.5, 0.6) is 0 Å². The van der Waals surface area contributed by atoms with Crippen LogP contribution in [0.3, 0.4) is 0 Å². The number of rotatable bonds is 4. The molecule has 2 aromatic rings. The molecule has 0 unspecified atom stereocenters. The number of carbonyl (C=O) groups excluding carboxylic acids is 3. The van der Waals surface area contributed by atoms with Gasteiger partial charge in [-0.2, -0.15) is 0 Å². The summed E-state index contributed by atoms with van der Waals surface area (Å²) >= 11 is 1.47. The number of thiophene rings is 1. The van der Waals surface area contributed by atoms with E-state index < -0.39 is 17.8 Å². The van der Waals surface area contributed by atoms with Gasteiger partial charge in [-0.1, -0.05) is 18.2 Å². The summed E-state index contributed by atoms with van der Waals surface area (Å²) in [5, 5.41) is 4.74. The Bertz CT molecular complexity index is 981. The molecule has 7 heteroatoms. The molecule has 2 aliphatic rings. The first kappa shape index (κ1) is 19.5. The van der Waals surface area contributed by atoms with Gasteiger partial charge < -0.3 is 10.1 Å². The predicted molar refractivity (Wildman–Crippen MR) is 106 cm³/mol. The molecule has 4 rings (SSSR count). The van der Waals surface area contributed by atoms with Gasteiger partial charge in [0.1, 0.15) is 11.7 Å². The summed E-state index contributed by atoms with van der Waals surface area (Å²) in [6.07, 6.45) is 0.448. The molecule has 0 bridgehead atoms. The number of nitrogens with one attached hydrogen (secondary N) is 1. The van der Waals surface area contributed by atoms with Gasteiger partial charge in [0.2, 0.25) is 5.91 Å². The van der Waals surface area contributed by atoms with Crippen molar-refractivity contribution in [2.45, 2.75) is 31.6 Å². The second-order valence-corrected chi connectivity index (χ2v) is 8.15. The van der Waals surface area contributed by atoms with Crippen molar-refractivity contribution in [2.75, 3.05) is 6.61 Å². The van der Waals surface area contributed by atoms with Crippen LogP contribution in [0.2, 0.25) is 0 Å². The second-order valence-electron chi connectivity index (χ2n) is 7.17. The molecule has 0 spiro atoms. The maximum Gasteiger partial charge on any atom is 0.317 e. The zero-order chi connectivity index (χ0) is 20.5. The molecule has 1 aliphatic carbocycles. The number of Topliss-reactive ketones (excluding diaryl/α,β-unsaturated/α-hetero) is 1.